The molecule has 1 amide bonds. The van der Waals surface area contributed by atoms with Gasteiger partial charge in [-0.2, -0.15) is 0 Å². The van der Waals surface area contributed by atoms with Crippen molar-refractivity contribution in [2.24, 2.45) is 4.99 Å². The number of rotatable bonds is 10. The van der Waals surface area contributed by atoms with Crippen LogP contribution in [0.2, 0.25) is 0 Å². The van der Waals surface area contributed by atoms with Crippen molar-refractivity contribution < 1.29 is 19.0 Å². The van der Waals surface area contributed by atoms with Crippen LogP contribution in [0.25, 0.3) is 0 Å². The molecule has 0 radical (unpaired) electrons. The van der Waals surface area contributed by atoms with E-state index in [1.54, 1.807) is 21.3 Å². The van der Waals surface area contributed by atoms with Crippen molar-refractivity contribution in [2.75, 3.05) is 61.1 Å². The van der Waals surface area contributed by atoms with Crippen LogP contribution >= 0.6 is 24.0 Å². The third-order valence-corrected chi connectivity index (χ3v) is 5.82. The number of nitrogens with one attached hydrogen (secondary N) is 2. The van der Waals surface area contributed by atoms with Gasteiger partial charge in [-0.05, 0) is 37.0 Å². The molecule has 0 unspecified atom stereocenters. The van der Waals surface area contributed by atoms with E-state index < -0.39 is 0 Å². The first-order chi connectivity index (χ1) is 15.6. The second kappa shape index (κ2) is 13.7. The van der Waals surface area contributed by atoms with Gasteiger partial charge >= 0.3 is 0 Å². The zero-order valence-corrected chi connectivity index (χ0v) is 22.5. The molecule has 1 heterocycles. The quantitative estimate of drug-likeness (QED) is 0.191. The second-order valence-electron chi connectivity index (χ2n) is 8.22. The summed E-state index contributed by atoms with van der Waals surface area (Å²) in [5.41, 5.74) is 1.12. The molecule has 0 bridgehead atoms. The summed E-state index contributed by atoms with van der Waals surface area (Å²) in [5.74, 6) is 3.03. The molecule has 1 saturated heterocycles. The molecule has 2 N–H and O–H groups in total. The molecule has 3 rings (SSSR count). The van der Waals surface area contributed by atoms with E-state index in [0.717, 1.165) is 70.1 Å². The summed E-state index contributed by atoms with van der Waals surface area (Å²) in [5, 5.41) is 6.43. The van der Waals surface area contributed by atoms with Crippen LogP contribution < -0.4 is 24.8 Å². The molecule has 1 saturated carbocycles. The maximum Gasteiger partial charge on any atom is 0.220 e. The Labute approximate surface area is 214 Å². The minimum atomic E-state index is 0. The minimum Gasteiger partial charge on any atom is -0.493 e. The Kier molecular flexibility index (Phi) is 11.3. The number of benzene rings is 1. The summed E-state index contributed by atoms with van der Waals surface area (Å²) >= 11 is 0. The highest BCUT2D eigenvalue weighted by atomic mass is 127. The molecular weight excluding hydrogens is 537 g/mol. The number of guanidine groups is 1. The molecule has 2 aliphatic rings. The highest BCUT2D eigenvalue weighted by Crippen LogP contribution is 2.38. The maximum atomic E-state index is 11.8. The molecule has 1 aliphatic heterocycles. The van der Waals surface area contributed by atoms with E-state index in [-0.39, 0.29) is 29.9 Å². The Hall–Kier alpha value is -1.95. The van der Waals surface area contributed by atoms with E-state index >= 15 is 0 Å². The SMILES string of the molecule is CN=C(NCCCC(=O)NC1CC1)N1CCN(Cc2cc(OC)c(OC)c(OC)c2)CC1.I. The molecule has 0 spiro atoms. The molecule has 1 aromatic carbocycles. The number of methoxy groups -OCH3 is 3. The van der Waals surface area contributed by atoms with Crippen molar-refractivity contribution in [1.29, 1.82) is 0 Å². The lowest BCUT2D eigenvalue weighted by atomic mass is 10.1. The van der Waals surface area contributed by atoms with Gasteiger partial charge < -0.3 is 29.7 Å². The van der Waals surface area contributed by atoms with E-state index in [1.807, 2.05) is 19.2 Å². The van der Waals surface area contributed by atoms with E-state index in [4.69, 9.17) is 14.2 Å². The number of carbonyl (C=O) groups excluding carboxylic acids is 1. The van der Waals surface area contributed by atoms with Crippen LogP contribution in [0, 0.1) is 0 Å². The minimum absolute atomic E-state index is 0. The highest BCUT2D eigenvalue weighted by Gasteiger charge is 2.23. The standard InChI is InChI=1S/C23H37N5O4.HI/c1-24-23(25-9-5-6-21(29)26-18-7-8-18)28-12-10-27(11-13-28)16-17-14-19(30-2)22(32-4)20(15-17)31-3;/h14-15,18H,5-13,16H2,1-4H3,(H,24,25)(H,26,29);1H. The van der Waals surface area contributed by atoms with Crippen molar-refractivity contribution in [3.05, 3.63) is 17.7 Å². The van der Waals surface area contributed by atoms with Crippen LogP contribution in [-0.2, 0) is 11.3 Å². The zero-order valence-electron chi connectivity index (χ0n) is 20.2. The van der Waals surface area contributed by atoms with Crippen molar-refractivity contribution in [3.63, 3.8) is 0 Å². The van der Waals surface area contributed by atoms with Gasteiger partial charge in [0.2, 0.25) is 11.7 Å². The lowest BCUT2D eigenvalue weighted by molar-refractivity contribution is -0.121. The summed E-state index contributed by atoms with van der Waals surface area (Å²) in [6, 6.07) is 4.45. The van der Waals surface area contributed by atoms with E-state index in [2.05, 4.69) is 25.4 Å². The smallest absolute Gasteiger partial charge is 0.220 e. The lowest BCUT2D eigenvalue weighted by Crippen LogP contribution is -2.52. The Bertz CT molecular complexity index is 770. The van der Waals surface area contributed by atoms with Gasteiger partial charge in [0.25, 0.3) is 0 Å². The van der Waals surface area contributed by atoms with Crippen molar-refractivity contribution in [2.45, 2.75) is 38.3 Å². The monoisotopic (exact) mass is 575 g/mol. The van der Waals surface area contributed by atoms with Crippen LogP contribution in [0.4, 0.5) is 0 Å². The molecule has 10 heteroatoms. The van der Waals surface area contributed by atoms with Gasteiger partial charge in [0.1, 0.15) is 0 Å². The molecule has 1 aliphatic carbocycles. The Morgan fingerprint density at radius 3 is 2.21 bits per heavy atom. The normalized spacial score (nSPS) is 16.6. The van der Waals surface area contributed by atoms with Crippen molar-refractivity contribution >= 4 is 35.8 Å². The average molecular weight is 575 g/mol. The molecule has 0 atom stereocenters. The summed E-state index contributed by atoms with van der Waals surface area (Å²) in [4.78, 5) is 20.9. The molecule has 2 fully saturated rings. The topological polar surface area (TPSA) is 87.7 Å². The number of hydrogen-bond acceptors (Lipinski definition) is 6. The molecule has 1 aromatic rings. The number of ether oxygens (including phenoxy) is 3. The zero-order chi connectivity index (χ0) is 22.9. The maximum absolute atomic E-state index is 11.8. The van der Waals surface area contributed by atoms with E-state index in [0.29, 0.717) is 29.7 Å². The van der Waals surface area contributed by atoms with Gasteiger partial charge in [-0.25, -0.2) is 0 Å². The van der Waals surface area contributed by atoms with E-state index in [9.17, 15) is 4.79 Å². The molecular formula is C23H38IN5O4. The number of nitrogens with zero attached hydrogens (tertiary/aromatic N) is 3. The van der Waals surface area contributed by atoms with Gasteiger partial charge in [-0.15, -0.1) is 24.0 Å². The number of carbonyl (C=O) groups is 1. The first kappa shape index (κ1) is 27.3. The third kappa shape index (κ3) is 8.09. The predicted octanol–water partition coefficient (Wildman–Crippen LogP) is 2.08. The van der Waals surface area contributed by atoms with Crippen LogP contribution in [-0.4, -0.2) is 88.8 Å². The van der Waals surface area contributed by atoms with Crippen LogP contribution in [0.5, 0.6) is 17.2 Å². The van der Waals surface area contributed by atoms with Gasteiger partial charge in [0.05, 0.1) is 21.3 Å². The molecule has 186 valence electrons. The highest BCUT2D eigenvalue weighted by molar-refractivity contribution is 14.0. The van der Waals surface area contributed by atoms with Crippen LogP contribution in [0.1, 0.15) is 31.2 Å². The van der Waals surface area contributed by atoms with Crippen LogP contribution in [0.15, 0.2) is 17.1 Å². The van der Waals surface area contributed by atoms with Gasteiger partial charge in [-0.3, -0.25) is 14.7 Å². The number of amides is 1. The first-order valence-corrected chi connectivity index (χ1v) is 11.3. The summed E-state index contributed by atoms with van der Waals surface area (Å²) in [6.07, 6.45) is 3.62. The lowest BCUT2D eigenvalue weighted by Gasteiger charge is -2.36. The summed E-state index contributed by atoms with van der Waals surface area (Å²) in [7, 11) is 6.70. The number of piperazine rings is 1. The molecule has 0 aromatic heterocycles. The van der Waals surface area contributed by atoms with Crippen molar-refractivity contribution in [1.82, 2.24) is 20.4 Å². The number of aliphatic imine (C=N–C) groups is 1. The Balaban J connectivity index is 0.00000385. The third-order valence-electron chi connectivity index (χ3n) is 5.82. The Morgan fingerprint density at radius 2 is 1.70 bits per heavy atom. The number of hydrogen-bond donors (Lipinski definition) is 2. The Morgan fingerprint density at radius 1 is 1.06 bits per heavy atom. The molecule has 9 nitrogen and oxygen atoms in total. The predicted molar refractivity (Wildman–Crippen MR) is 140 cm³/mol. The summed E-state index contributed by atoms with van der Waals surface area (Å²) < 4.78 is 16.4. The fourth-order valence-electron chi connectivity index (χ4n) is 3.91. The van der Waals surface area contributed by atoms with Crippen molar-refractivity contribution in [3.8, 4) is 17.2 Å². The fraction of sp³-hybridized carbons (Fsp3) is 0.652. The van der Waals surface area contributed by atoms with Gasteiger partial charge in [-0.1, -0.05) is 0 Å². The molecule has 33 heavy (non-hydrogen) atoms. The second-order valence-corrected chi connectivity index (χ2v) is 8.22. The number of halogens is 1. The largest absolute Gasteiger partial charge is 0.493 e. The van der Waals surface area contributed by atoms with Gasteiger partial charge in [0, 0.05) is 58.8 Å². The average Bonchev–Trinajstić information content (AvgIpc) is 3.63. The van der Waals surface area contributed by atoms with Gasteiger partial charge in [0.15, 0.2) is 17.5 Å². The first-order valence-electron chi connectivity index (χ1n) is 11.3. The van der Waals surface area contributed by atoms with E-state index in [1.165, 1.54) is 0 Å². The summed E-state index contributed by atoms with van der Waals surface area (Å²) in [6.45, 7) is 5.21. The fourth-order valence-corrected chi connectivity index (χ4v) is 3.91. The van der Waals surface area contributed by atoms with Crippen LogP contribution in [0.3, 0.4) is 0 Å².